The van der Waals surface area contributed by atoms with Crippen LogP contribution in [0.3, 0.4) is 0 Å². The van der Waals surface area contributed by atoms with E-state index in [2.05, 4.69) is 27.2 Å². The zero-order chi connectivity index (χ0) is 15.1. The predicted octanol–water partition coefficient (Wildman–Crippen LogP) is 0.583. The largest absolute Gasteiger partial charge is 0.395 e. The van der Waals surface area contributed by atoms with Gasteiger partial charge in [-0.25, -0.2) is 4.98 Å². The number of aryl methyl sites for hydroxylation is 1. The second-order valence-electron chi connectivity index (χ2n) is 4.32. The predicted molar refractivity (Wildman–Crippen MR) is 79.9 cm³/mol. The number of amides is 1. The van der Waals surface area contributed by atoms with Gasteiger partial charge in [0.25, 0.3) is 5.91 Å². The Morgan fingerprint density at radius 1 is 1.57 bits per heavy atom. The smallest absolute Gasteiger partial charge is 0.252 e. The fourth-order valence-corrected chi connectivity index (χ4v) is 2.37. The van der Waals surface area contributed by atoms with Crippen LogP contribution in [-0.2, 0) is 13.5 Å². The molecule has 0 atom stereocenters. The molecule has 0 saturated heterocycles. The van der Waals surface area contributed by atoms with Crippen LogP contribution in [0, 0.1) is 11.8 Å². The van der Waals surface area contributed by atoms with E-state index in [-0.39, 0.29) is 12.5 Å². The van der Waals surface area contributed by atoms with Crippen LogP contribution in [0.5, 0.6) is 0 Å². The van der Waals surface area contributed by atoms with Gasteiger partial charge in [0, 0.05) is 31.8 Å². The molecule has 0 saturated carbocycles. The van der Waals surface area contributed by atoms with E-state index in [1.807, 2.05) is 0 Å². The van der Waals surface area contributed by atoms with Crippen molar-refractivity contribution in [3.8, 4) is 11.8 Å². The molecule has 110 valence electrons. The van der Waals surface area contributed by atoms with Gasteiger partial charge in [-0.1, -0.05) is 11.8 Å². The monoisotopic (exact) mass is 304 g/mol. The van der Waals surface area contributed by atoms with Crippen molar-refractivity contribution in [2.24, 2.45) is 7.05 Å². The molecule has 2 aromatic rings. The molecule has 0 radical (unpaired) electrons. The lowest BCUT2D eigenvalue weighted by Gasteiger charge is -2.00. The topological polar surface area (TPSA) is 80.0 Å². The number of nitrogens with zero attached hydrogens (tertiary/aromatic N) is 3. The van der Waals surface area contributed by atoms with E-state index >= 15 is 0 Å². The summed E-state index contributed by atoms with van der Waals surface area (Å²) in [6.07, 6.45) is 2.67. The first-order valence-corrected chi connectivity index (χ1v) is 7.38. The molecule has 0 aliphatic heterocycles. The highest BCUT2D eigenvalue weighted by atomic mass is 32.1. The van der Waals surface area contributed by atoms with E-state index < -0.39 is 0 Å². The van der Waals surface area contributed by atoms with Gasteiger partial charge in [0.05, 0.1) is 17.0 Å². The number of thiophene rings is 1. The minimum absolute atomic E-state index is 0.0489. The number of nitrogens with one attached hydrogen (secondary N) is 1. The maximum atomic E-state index is 11.9. The summed E-state index contributed by atoms with van der Waals surface area (Å²) in [6, 6.07) is 1.75. The zero-order valence-electron chi connectivity index (χ0n) is 11.7. The summed E-state index contributed by atoms with van der Waals surface area (Å²) in [6.45, 7) is 0.539. The molecule has 7 heteroatoms. The van der Waals surface area contributed by atoms with Crippen molar-refractivity contribution in [3.63, 3.8) is 0 Å². The third-order valence-corrected chi connectivity index (χ3v) is 3.44. The van der Waals surface area contributed by atoms with Crippen molar-refractivity contribution in [1.82, 2.24) is 20.1 Å². The minimum atomic E-state index is -0.127. The number of aliphatic hydroxyl groups is 1. The van der Waals surface area contributed by atoms with Crippen LogP contribution in [0.2, 0.25) is 0 Å². The Balaban J connectivity index is 1.82. The second kappa shape index (κ2) is 7.57. The maximum Gasteiger partial charge on any atom is 0.252 e. The average Bonchev–Trinajstić information content (AvgIpc) is 3.08. The first-order valence-electron chi connectivity index (χ1n) is 6.50. The van der Waals surface area contributed by atoms with Crippen molar-refractivity contribution < 1.29 is 9.90 Å². The first-order chi connectivity index (χ1) is 10.2. The van der Waals surface area contributed by atoms with Gasteiger partial charge >= 0.3 is 0 Å². The van der Waals surface area contributed by atoms with Gasteiger partial charge in [-0.15, -0.1) is 11.3 Å². The number of carbonyl (C=O) groups is 1. The Morgan fingerprint density at radius 3 is 3.14 bits per heavy atom. The molecule has 0 fully saturated rings. The van der Waals surface area contributed by atoms with Crippen molar-refractivity contribution in [2.45, 2.75) is 12.8 Å². The number of carbonyl (C=O) groups excluding carboxylic acids is 1. The molecule has 1 amide bonds. The van der Waals surface area contributed by atoms with Gasteiger partial charge in [0.15, 0.2) is 5.82 Å². The van der Waals surface area contributed by atoms with E-state index in [1.165, 1.54) is 11.3 Å². The van der Waals surface area contributed by atoms with Gasteiger partial charge in [-0.3, -0.25) is 9.48 Å². The Kier molecular flexibility index (Phi) is 5.49. The fraction of sp³-hybridized carbons (Fsp3) is 0.357. The van der Waals surface area contributed by atoms with Crippen LogP contribution < -0.4 is 5.32 Å². The molecular weight excluding hydrogens is 288 g/mol. The molecule has 6 nitrogen and oxygen atoms in total. The van der Waals surface area contributed by atoms with E-state index in [0.29, 0.717) is 30.8 Å². The maximum absolute atomic E-state index is 11.9. The van der Waals surface area contributed by atoms with Crippen molar-refractivity contribution in [3.05, 3.63) is 34.0 Å². The normalized spacial score (nSPS) is 10.0. The van der Waals surface area contributed by atoms with Crippen LogP contribution in [0.1, 0.15) is 27.5 Å². The molecule has 0 unspecified atom stereocenters. The molecular formula is C14H16N4O2S. The Labute approximate surface area is 126 Å². The summed E-state index contributed by atoms with van der Waals surface area (Å²) in [7, 11) is 1.81. The molecule has 0 aliphatic carbocycles. The van der Waals surface area contributed by atoms with E-state index in [9.17, 15) is 4.79 Å². The van der Waals surface area contributed by atoms with Crippen LogP contribution in [0.15, 0.2) is 17.8 Å². The molecule has 0 aliphatic rings. The summed E-state index contributed by atoms with van der Waals surface area (Å²) < 4.78 is 1.63. The molecule has 2 rings (SSSR count). The molecule has 21 heavy (non-hydrogen) atoms. The number of hydrogen-bond donors (Lipinski definition) is 2. The van der Waals surface area contributed by atoms with Gasteiger partial charge in [-0.2, -0.15) is 5.10 Å². The summed E-state index contributed by atoms with van der Waals surface area (Å²) in [5.74, 6) is 6.32. The fourth-order valence-electron chi connectivity index (χ4n) is 1.61. The Bertz CT molecular complexity index is 666. The molecule has 2 aromatic heterocycles. The third kappa shape index (κ3) is 4.70. The zero-order valence-corrected chi connectivity index (χ0v) is 12.5. The van der Waals surface area contributed by atoms with Crippen LogP contribution in [-0.4, -0.2) is 38.9 Å². The lowest BCUT2D eigenvalue weighted by Crippen LogP contribution is -2.25. The Morgan fingerprint density at radius 2 is 2.43 bits per heavy atom. The van der Waals surface area contributed by atoms with Crippen molar-refractivity contribution >= 4 is 17.2 Å². The number of aliphatic hydroxyl groups excluding tert-OH is 1. The summed E-state index contributed by atoms with van der Waals surface area (Å²) >= 11 is 1.42. The van der Waals surface area contributed by atoms with E-state index in [1.54, 1.807) is 29.5 Å². The van der Waals surface area contributed by atoms with Crippen LogP contribution >= 0.6 is 11.3 Å². The summed E-state index contributed by atoms with van der Waals surface area (Å²) in [4.78, 5) is 16.9. The molecule has 2 heterocycles. The standard InChI is InChI=1S/C14H16N4O2S/c1-18-10-16-13(17-18)5-6-15-14(20)11-8-12(21-9-11)4-2-3-7-19/h8-10,19H,3,5-7H2,1H3,(H,15,20). The highest BCUT2D eigenvalue weighted by Crippen LogP contribution is 2.13. The minimum Gasteiger partial charge on any atom is -0.395 e. The molecule has 2 N–H and O–H groups in total. The Hall–Kier alpha value is -2.17. The van der Waals surface area contributed by atoms with Gasteiger partial charge in [0.2, 0.25) is 0 Å². The lowest BCUT2D eigenvalue weighted by atomic mass is 10.3. The quantitative estimate of drug-likeness (QED) is 0.792. The highest BCUT2D eigenvalue weighted by Gasteiger charge is 2.08. The first kappa shape index (κ1) is 15.2. The second-order valence-corrected chi connectivity index (χ2v) is 5.23. The molecule has 0 bridgehead atoms. The lowest BCUT2D eigenvalue weighted by molar-refractivity contribution is 0.0954. The van der Waals surface area contributed by atoms with Gasteiger partial charge < -0.3 is 10.4 Å². The van der Waals surface area contributed by atoms with Gasteiger partial charge in [0.1, 0.15) is 6.33 Å². The van der Waals surface area contributed by atoms with E-state index in [0.717, 1.165) is 4.88 Å². The number of hydrogen-bond acceptors (Lipinski definition) is 5. The molecule has 0 aromatic carbocycles. The van der Waals surface area contributed by atoms with Crippen LogP contribution in [0.25, 0.3) is 0 Å². The van der Waals surface area contributed by atoms with Gasteiger partial charge in [-0.05, 0) is 6.07 Å². The number of aromatic nitrogens is 3. The van der Waals surface area contributed by atoms with Crippen molar-refractivity contribution in [2.75, 3.05) is 13.2 Å². The average molecular weight is 304 g/mol. The van der Waals surface area contributed by atoms with Crippen LogP contribution in [0.4, 0.5) is 0 Å². The van der Waals surface area contributed by atoms with E-state index in [4.69, 9.17) is 5.11 Å². The SMILES string of the molecule is Cn1cnc(CCNC(=O)c2csc(C#CCCO)c2)n1. The summed E-state index contributed by atoms with van der Waals surface area (Å²) in [5, 5.41) is 17.4. The van der Waals surface area contributed by atoms with Crippen molar-refractivity contribution in [1.29, 1.82) is 0 Å². The summed E-state index contributed by atoms with van der Waals surface area (Å²) in [5.41, 5.74) is 0.599. The third-order valence-electron chi connectivity index (χ3n) is 2.59. The highest BCUT2D eigenvalue weighted by molar-refractivity contribution is 7.10. The molecule has 0 spiro atoms. The number of rotatable bonds is 5.